The Bertz CT molecular complexity index is 1260. The zero-order valence-electron chi connectivity index (χ0n) is 20.7. The van der Waals surface area contributed by atoms with Crippen molar-refractivity contribution in [2.45, 2.75) is 39.0 Å². The Morgan fingerprint density at radius 3 is 2.65 bits per heavy atom. The van der Waals surface area contributed by atoms with E-state index in [9.17, 15) is 19.2 Å². The second kappa shape index (κ2) is 12.5. The molecule has 7 nitrogen and oxygen atoms in total. The Balaban J connectivity index is 1.53. The summed E-state index contributed by atoms with van der Waals surface area (Å²) in [6.07, 6.45) is 1.58. The van der Waals surface area contributed by atoms with Crippen LogP contribution in [0.4, 0.5) is 14.9 Å². The number of hydrogen-bond donors (Lipinski definition) is 1. The largest absolute Gasteiger partial charge is 0.376 e. The van der Waals surface area contributed by atoms with Crippen LogP contribution in [0.15, 0.2) is 60.0 Å². The van der Waals surface area contributed by atoms with Gasteiger partial charge < -0.3 is 19.9 Å². The van der Waals surface area contributed by atoms with Gasteiger partial charge in [0.25, 0.3) is 0 Å². The van der Waals surface area contributed by atoms with Crippen molar-refractivity contribution in [3.8, 4) is 6.07 Å². The average molecular weight is 521 g/mol. The zero-order valence-corrected chi connectivity index (χ0v) is 21.5. The first-order valence-electron chi connectivity index (χ1n) is 12.1. The fourth-order valence-electron chi connectivity index (χ4n) is 4.17. The molecular weight excluding hydrogens is 491 g/mol. The van der Waals surface area contributed by atoms with Gasteiger partial charge in [0, 0.05) is 30.3 Å². The lowest BCUT2D eigenvalue weighted by Gasteiger charge is -2.29. The summed E-state index contributed by atoms with van der Waals surface area (Å²) in [5, 5.41) is 14.0. The normalized spacial score (nSPS) is 14.7. The summed E-state index contributed by atoms with van der Waals surface area (Å²) in [6.45, 7) is 3.44. The number of nitriles is 1. The average Bonchev–Trinajstić information content (AvgIpc) is 3.56. The molecule has 0 spiro atoms. The van der Waals surface area contributed by atoms with Crippen molar-refractivity contribution < 1.29 is 18.7 Å². The number of aryl methyl sites for hydroxylation is 1. The van der Waals surface area contributed by atoms with E-state index < -0.39 is 6.03 Å². The van der Waals surface area contributed by atoms with E-state index in [0.29, 0.717) is 24.4 Å². The first kappa shape index (κ1) is 26.3. The molecular formula is C28H29FN4O3S. The predicted molar refractivity (Wildman–Crippen MR) is 140 cm³/mol. The van der Waals surface area contributed by atoms with Crippen LogP contribution in [0.5, 0.6) is 0 Å². The van der Waals surface area contributed by atoms with Crippen LogP contribution in [-0.2, 0) is 22.6 Å². The summed E-state index contributed by atoms with van der Waals surface area (Å²) < 4.78 is 19.2. The first-order valence-corrected chi connectivity index (χ1v) is 13.0. The molecule has 0 bridgehead atoms. The van der Waals surface area contributed by atoms with Crippen LogP contribution >= 0.6 is 11.3 Å². The minimum atomic E-state index is -0.437. The number of rotatable bonds is 9. The van der Waals surface area contributed by atoms with Crippen molar-refractivity contribution in [3.63, 3.8) is 0 Å². The number of ether oxygens (including phenoxy) is 1. The van der Waals surface area contributed by atoms with Gasteiger partial charge in [-0.05, 0) is 72.7 Å². The van der Waals surface area contributed by atoms with Crippen LogP contribution in [0, 0.1) is 24.1 Å². The number of anilines is 1. The Morgan fingerprint density at radius 2 is 1.97 bits per heavy atom. The van der Waals surface area contributed by atoms with Crippen LogP contribution in [0.25, 0.3) is 0 Å². The number of thiophene rings is 1. The van der Waals surface area contributed by atoms with Gasteiger partial charge in [0.05, 0.1) is 24.3 Å². The van der Waals surface area contributed by atoms with E-state index in [1.807, 2.05) is 18.4 Å². The van der Waals surface area contributed by atoms with E-state index in [2.05, 4.69) is 11.4 Å². The second-order valence-electron chi connectivity index (χ2n) is 9.04. The quantitative estimate of drug-likeness (QED) is 0.414. The molecule has 0 unspecified atom stereocenters. The van der Waals surface area contributed by atoms with Crippen molar-refractivity contribution in [2.24, 2.45) is 0 Å². The molecule has 1 atom stereocenters. The Labute approximate surface area is 220 Å². The summed E-state index contributed by atoms with van der Waals surface area (Å²) in [7, 11) is 0. The van der Waals surface area contributed by atoms with Gasteiger partial charge in [-0.15, -0.1) is 11.3 Å². The van der Waals surface area contributed by atoms with Gasteiger partial charge in [0.15, 0.2) is 0 Å². The van der Waals surface area contributed by atoms with Crippen LogP contribution in [0.2, 0.25) is 0 Å². The molecule has 3 amide bonds. The molecule has 3 aromatic rings. The summed E-state index contributed by atoms with van der Waals surface area (Å²) >= 11 is 1.57. The van der Waals surface area contributed by atoms with Crippen LogP contribution in [0.3, 0.4) is 0 Å². The summed E-state index contributed by atoms with van der Waals surface area (Å²) in [6, 6.07) is 16.3. The smallest absolute Gasteiger partial charge is 0.322 e. The highest BCUT2D eigenvalue weighted by atomic mass is 32.1. The highest BCUT2D eigenvalue weighted by molar-refractivity contribution is 7.10. The molecule has 2 heterocycles. The van der Waals surface area contributed by atoms with Gasteiger partial charge in [-0.3, -0.25) is 4.79 Å². The standard InChI is InChI=1S/C28H29FN4O3S/c1-20-11-13-37-26(20)18-32(16-21-7-9-23(29)10-8-21)27(34)19-33(17-25-6-3-12-36-25)28(35)31-24-5-2-4-22(14-24)15-30/h2,4-5,7-11,13-14,25H,3,6,12,16-19H2,1H3,(H,31,35)/t25-/m1/s1. The lowest BCUT2D eigenvalue weighted by Crippen LogP contribution is -2.46. The third-order valence-corrected chi connectivity index (χ3v) is 7.25. The Hall–Kier alpha value is -3.74. The van der Waals surface area contributed by atoms with Crippen molar-refractivity contribution in [1.82, 2.24) is 9.80 Å². The fraction of sp³-hybridized carbons (Fsp3) is 0.321. The van der Waals surface area contributed by atoms with Gasteiger partial charge in [-0.1, -0.05) is 18.2 Å². The number of nitrogens with zero attached hydrogens (tertiary/aromatic N) is 3. The van der Waals surface area contributed by atoms with E-state index in [-0.39, 0.29) is 37.5 Å². The van der Waals surface area contributed by atoms with Crippen molar-refractivity contribution in [1.29, 1.82) is 5.26 Å². The minimum Gasteiger partial charge on any atom is -0.376 e. The maximum atomic E-state index is 13.6. The van der Waals surface area contributed by atoms with Gasteiger partial charge >= 0.3 is 6.03 Å². The first-order chi connectivity index (χ1) is 17.9. The molecule has 1 fully saturated rings. The van der Waals surface area contributed by atoms with E-state index in [4.69, 9.17) is 4.74 Å². The molecule has 1 aliphatic heterocycles. The van der Waals surface area contributed by atoms with Crippen molar-refractivity contribution >= 4 is 29.0 Å². The van der Waals surface area contributed by atoms with E-state index in [1.54, 1.807) is 52.6 Å². The van der Waals surface area contributed by atoms with E-state index in [1.165, 1.54) is 17.0 Å². The highest BCUT2D eigenvalue weighted by Crippen LogP contribution is 2.21. The van der Waals surface area contributed by atoms with E-state index >= 15 is 0 Å². The maximum Gasteiger partial charge on any atom is 0.322 e. The van der Waals surface area contributed by atoms with Gasteiger partial charge in [0.1, 0.15) is 12.4 Å². The molecule has 1 aliphatic rings. The summed E-state index contributed by atoms with van der Waals surface area (Å²) in [5.41, 5.74) is 2.79. The predicted octanol–water partition coefficient (Wildman–Crippen LogP) is 5.31. The molecule has 2 aromatic carbocycles. The van der Waals surface area contributed by atoms with Crippen molar-refractivity contribution in [2.75, 3.05) is 25.0 Å². The third-order valence-electron chi connectivity index (χ3n) is 6.25. The number of benzene rings is 2. The lowest BCUT2D eigenvalue weighted by molar-refractivity contribution is -0.133. The number of urea groups is 1. The van der Waals surface area contributed by atoms with Gasteiger partial charge in [-0.2, -0.15) is 5.26 Å². The van der Waals surface area contributed by atoms with Crippen molar-refractivity contribution in [3.05, 3.63) is 87.4 Å². The third kappa shape index (κ3) is 7.38. The molecule has 0 radical (unpaired) electrons. The number of carbonyl (C=O) groups is 2. The highest BCUT2D eigenvalue weighted by Gasteiger charge is 2.27. The topological polar surface area (TPSA) is 85.7 Å². The molecule has 0 saturated carbocycles. The molecule has 1 saturated heterocycles. The molecule has 4 rings (SSSR count). The molecule has 192 valence electrons. The molecule has 9 heteroatoms. The lowest BCUT2D eigenvalue weighted by atomic mass is 10.2. The molecule has 1 aromatic heterocycles. The number of carbonyl (C=O) groups excluding carboxylic acids is 2. The van der Waals surface area contributed by atoms with Crippen LogP contribution in [0.1, 0.15) is 34.4 Å². The number of hydrogen-bond acceptors (Lipinski definition) is 5. The number of halogens is 1. The van der Waals surface area contributed by atoms with E-state index in [0.717, 1.165) is 28.8 Å². The Kier molecular flexibility index (Phi) is 8.88. The van der Waals surface area contributed by atoms with Gasteiger partial charge in [-0.25, -0.2) is 9.18 Å². The Morgan fingerprint density at radius 1 is 1.16 bits per heavy atom. The molecule has 37 heavy (non-hydrogen) atoms. The second-order valence-corrected chi connectivity index (χ2v) is 10.0. The zero-order chi connectivity index (χ0) is 26.2. The molecule has 0 aliphatic carbocycles. The number of amides is 3. The fourth-order valence-corrected chi connectivity index (χ4v) is 5.09. The van der Waals surface area contributed by atoms with Crippen LogP contribution < -0.4 is 5.32 Å². The van der Waals surface area contributed by atoms with Gasteiger partial charge in [0.2, 0.25) is 5.91 Å². The SMILES string of the molecule is Cc1ccsc1CN(Cc1ccc(F)cc1)C(=O)CN(C[C@H]1CCCO1)C(=O)Nc1cccc(C#N)c1. The summed E-state index contributed by atoms with van der Waals surface area (Å²) in [4.78, 5) is 31.2. The summed E-state index contributed by atoms with van der Waals surface area (Å²) in [5.74, 6) is -0.563. The maximum absolute atomic E-state index is 13.6. The minimum absolute atomic E-state index is 0.144. The van der Waals surface area contributed by atoms with Crippen LogP contribution in [-0.4, -0.2) is 47.5 Å². The molecule has 1 N–H and O–H groups in total. The number of nitrogens with one attached hydrogen (secondary N) is 1. The monoisotopic (exact) mass is 520 g/mol.